The maximum Gasteiger partial charge on any atom is 0.328 e. The monoisotopic (exact) mass is 270 g/mol. The van der Waals surface area contributed by atoms with E-state index in [0.717, 1.165) is 6.07 Å². The van der Waals surface area contributed by atoms with E-state index in [0.29, 0.717) is 0 Å². The molecule has 0 saturated heterocycles. The van der Waals surface area contributed by atoms with Crippen molar-refractivity contribution in [3.05, 3.63) is 39.0 Å². The molecule has 0 saturated carbocycles. The second kappa shape index (κ2) is 4.07. The molecule has 7 nitrogen and oxygen atoms in total. The second-order valence-corrected chi connectivity index (χ2v) is 5.02. The van der Waals surface area contributed by atoms with Crippen LogP contribution in [0.15, 0.2) is 32.7 Å². The summed E-state index contributed by atoms with van der Waals surface area (Å²) in [6, 6.07) is 3.91. The van der Waals surface area contributed by atoms with Crippen molar-refractivity contribution in [2.75, 3.05) is 0 Å². The molecule has 0 bridgehead atoms. The van der Waals surface area contributed by atoms with Crippen molar-refractivity contribution in [2.24, 2.45) is 0 Å². The zero-order valence-electron chi connectivity index (χ0n) is 9.37. The first-order chi connectivity index (χ1) is 8.36. The van der Waals surface area contributed by atoms with Gasteiger partial charge in [-0.05, 0) is 19.1 Å². The molecule has 0 aliphatic heterocycles. The van der Waals surface area contributed by atoms with Gasteiger partial charge in [0.25, 0.3) is 15.7 Å². The minimum Gasteiger partial charge on any atom is -0.294 e. The lowest BCUT2D eigenvalue weighted by Crippen LogP contribution is -2.30. The molecule has 0 spiro atoms. The fraction of sp³-hybridized carbons (Fsp3) is 0.200. The highest BCUT2D eigenvalue weighted by molar-refractivity contribution is 7.86. The third-order valence-corrected chi connectivity index (χ3v) is 3.48. The molecule has 2 aromatic rings. The van der Waals surface area contributed by atoms with E-state index in [-0.39, 0.29) is 17.4 Å². The van der Waals surface area contributed by atoms with Gasteiger partial charge < -0.3 is 0 Å². The number of benzene rings is 1. The maximum absolute atomic E-state index is 11.7. The molecule has 0 aliphatic rings. The van der Waals surface area contributed by atoms with Crippen LogP contribution in [-0.4, -0.2) is 22.5 Å². The molecule has 2 rings (SSSR count). The van der Waals surface area contributed by atoms with Crippen LogP contribution in [0.5, 0.6) is 0 Å². The fourth-order valence-corrected chi connectivity index (χ4v) is 2.54. The first-order valence-corrected chi connectivity index (χ1v) is 6.53. The van der Waals surface area contributed by atoms with E-state index < -0.39 is 26.3 Å². The largest absolute Gasteiger partial charge is 0.328 e. The lowest BCUT2D eigenvalue weighted by atomic mass is 10.2. The number of aromatic amines is 1. The third-order valence-electron chi connectivity index (χ3n) is 2.58. The lowest BCUT2D eigenvalue weighted by molar-refractivity contribution is 0.484. The average molecular weight is 270 g/mol. The minimum atomic E-state index is -4.53. The first kappa shape index (κ1) is 12.5. The normalized spacial score (nSPS) is 11.9. The Labute approximate surface area is 101 Å². The number of nitrogens with one attached hydrogen (secondary N) is 1. The predicted molar refractivity (Wildman–Crippen MR) is 64.3 cm³/mol. The molecule has 2 N–H and O–H groups in total. The maximum atomic E-state index is 11.7. The Morgan fingerprint density at radius 3 is 2.56 bits per heavy atom. The minimum absolute atomic E-state index is 0.168. The van der Waals surface area contributed by atoms with E-state index in [4.69, 9.17) is 4.55 Å². The zero-order valence-corrected chi connectivity index (χ0v) is 10.2. The molecule has 0 radical (unpaired) electrons. The van der Waals surface area contributed by atoms with E-state index >= 15 is 0 Å². The summed E-state index contributed by atoms with van der Waals surface area (Å²) in [6.07, 6.45) is 0. The van der Waals surface area contributed by atoms with E-state index in [9.17, 15) is 18.0 Å². The number of aromatic nitrogens is 2. The number of hydrogen-bond donors (Lipinski definition) is 2. The van der Waals surface area contributed by atoms with Crippen LogP contribution in [0.3, 0.4) is 0 Å². The van der Waals surface area contributed by atoms with Crippen molar-refractivity contribution in [3.63, 3.8) is 0 Å². The molecule has 0 atom stereocenters. The number of hydrogen-bond acceptors (Lipinski definition) is 4. The van der Waals surface area contributed by atoms with Crippen LogP contribution in [0.2, 0.25) is 0 Å². The summed E-state index contributed by atoms with van der Waals surface area (Å²) in [5, 5.41) is -0.221. The topological polar surface area (TPSA) is 109 Å². The van der Waals surface area contributed by atoms with Crippen LogP contribution in [0.1, 0.15) is 6.92 Å². The van der Waals surface area contributed by atoms with E-state index in [1.165, 1.54) is 16.7 Å². The Bertz CT molecular complexity index is 831. The van der Waals surface area contributed by atoms with Crippen molar-refractivity contribution < 1.29 is 13.0 Å². The molecule has 1 aromatic heterocycles. The van der Waals surface area contributed by atoms with Gasteiger partial charge in [0.2, 0.25) is 0 Å². The van der Waals surface area contributed by atoms with Crippen LogP contribution >= 0.6 is 0 Å². The smallest absolute Gasteiger partial charge is 0.294 e. The van der Waals surface area contributed by atoms with Crippen LogP contribution in [0.4, 0.5) is 0 Å². The summed E-state index contributed by atoms with van der Waals surface area (Å²) in [7, 11) is -4.53. The number of rotatable bonds is 2. The summed E-state index contributed by atoms with van der Waals surface area (Å²) in [4.78, 5) is 24.7. The summed E-state index contributed by atoms with van der Waals surface area (Å²) < 4.78 is 32.7. The van der Waals surface area contributed by atoms with Crippen molar-refractivity contribution in [3.8, 4) is 0 Å². The van der Waals surface area contributed by atoms with Gasteiger partial charge in [-0.2, -0.15) is 8.42 Å². The molecular formula is C10H10N2O5S. The number of aryl methyl sites for hydroxylation is 1. The lowest BCUT2D eigenvalue weighted by Gasteiger charge is -2.08. The van der Waals surface area contributed by atoms with Gasteiger partial charge in [0, 0.05) is 6.54 Å². The van der Waals surface area contributed by atoms with Crippen LogP contribution in [-0.2, 0) is 16.7 Å². The predicted octanol–water partition coefficient (Wildman–Crippen LogP) is -0.0436. The molecule has 1 aromatic carbocycles. The molecular weight excluding hydrogens is 260 g/mol. The quantitative estimate of drug-likeness (QED) is 0.744. The third kappa shape index (κ3) is 1.85. The summed E-state index contributed by atoms with van der Waals surface area (Å²) >= 11 is 0. The Hall–Kier alpha value is -1.93. The van der Waals surface area contributed by atoms with Gasteiger partial charge in [-0.25, -0.2) is 4.79 Å². The van der Waals surface area contributed by atoms with Gasteiger partial charge in [-0.1, -0.05) is 6.07 Å². The molecule has 0 amide bonds. The van der Waals surface area contributed by atoms with Gasteiger partial charge in [0.15, 0.2) is 0 Å². The highest BCUT2D eigenvalue weighted by atomic mass is 32.2. The van der Waals surface area contributed by atoms with Gasteiger partial charge in [0.05, 0.1) is 10.9 Å². The Morgan fingerprint density at radius 2 is 2.00 bits per heavy atom. The molecule has 96 valence electrons. The average Bonchev–Trinajstić information content (AvgIpc) is 2.27. The van der Waals surface area contributed by atoms with Crippen LogP contribution in [0.25, 0.3) is 10.9 Å². The number of fused-ring (bicyclic) bond motifs is 1. The number of H-pyrrole nitrogens is 1. The highest BCUT2D eigenvalue weighted by Crippen LogP contribution is 2.18. The van der Waals surface area contributed by atoms with Gasteiger partial charge in [-0.15, -0.1) is 0 Å². The Kier molecular flexibility index (Phi) is 2.83. The Morgan fingerprint density at radius 1 is 1.33 bits per heavy atom. The van der Waals surface area contributed by atoms with Crippen molar-refractivity contribution in [1.29, 1.82) is 0 Å². The van der Waals surface area contributed by atoms with Crippen molar-refractivity contribution >= 4 is 21.0 Å². The molecule has 0 fully saturated rings. The van der Waals surface area contributed by atoms with Gasteiger partial charge in [0.1, 0.15) is 4.90 Å². The fourth-order valence-electron chi connectivity index (χ4n) is 1.84. The molecule has 0 aliphatic carbocycles. The Balaban J connectivity index is 3.14. The number of nitrogens with zero attached hydrogens (tertiary/aromatic N) is 1. The first-order valence-electron chi connectivity index (χ1n) is 5.09. The SMILES string of the molecule is CCn1c(=O)[nH]c(=O)c2c(S(=O)(=O)O)cccc21. The summed E-state index contributed by atoms with van der Waals surface area (Å²) in [5.41, 5.74) is -1.29. The summed E-state index contributed by atoms with van der Waals surface area (Å²) in [5.74, 6) is 0. The van der Waals surface area contributed by atoms with E-state index in [1.807, 2.05) is 4.98 Å². The summed E-state index contributed by atoms with van der Waals surface area (Å²) in [6.45, 7) is 1.94. The van der Waals surface area contributed by atoms with Crippen LogP contribution in [0, 0.1) is 0 Å². The molecule has 18 heavy (non-hydrogen) atoms. The molecule has 1 heterocycles. The van der Waals surface area contributed by atoms with E-state index in [2.05, 4.69) is 0 Å². The van der Waals surface area contributed by atoms with Gasteiger partial charge in [-0.3, -0.25) is 18.9 Å². The van der Waals surface area contributed by atoms with Crippen molar-refractivity contribution in [2.45, 2.75) is 18.4 Å². The van der Waals surface area contributed by atoms with Gasteiger partial charge >= 0.3 is 5.69 Å². The zero-order chi connectivity index (χ0) is 13.5. The van der Waals surface area contributed by atoms with Crippen molar-refractivity contribution in [1.82, 2.24) is 9.55 Å². The van der Waals surface area contributed by atoms with E-state index in [1.54, 1.807) is 6.92 Å². The standard InChI is InChI=1S/C10H10N2O5S/c1-2-12-6-4-3-5-7(18(15,16)17)8(6)9(13)11-10(12)14/h3-5H,2H2,1H3,(H,11,13,14)(H,15,16,17). The highest BCUT2D eigenvalue weighted by Gasteiger charge is 2.18. The molecule has 8 heteroatoms. The second-order valence-electron chi connectivity index (χ2n) is 3.63. The van der Waals surface area contributed by atoms with Crippen LogP contribution < -0.4 is 11.2 Å². The molecule has 0 unspecified atom stereocenters.